The van der Waals surface area contributed by atoms with Crippen molar-refractivity contribution in [3.63, 3.8) is 0 Å². The topological polar surface area (TPSA) is 94.6 Å². The van der Waals surface area contributed by atoms with Crippen LogP contribution in [0.3, 0.4) is 0 Å². The maximum atomic E-state index is 13.0. The summed E-state index contributed by atoms with van der Waals surface area (Å²) in [6.07, 6.45) is 2.09. The van der Waals surface area contributed by atoms with Gasteiger partial charge >= 0.3 is 12.1 Å². The molecule has 0 aromatic rings. The zero-order valence-corrected chi connectivity index (χ0v) is 15.5. The van der Waals surface area contributed by atoms with Gasteiger partial charge in [0, 0.05) is 27.3 Å². The van der Waals surface area contributed by atoms with E-state index in [0.717, 1.165) is 12.8 Å². The minimum atomic E-state index is -0.591. The number of nitrogens with zero attached hydrogens (tertiary/aromatic N) is 2. The van der Waals surface area contributed by atoms with Crippen molar-refractivity contribution in [3.8, 4) is 0 Å². The van der Waals surface area contributed by atoms with Crippen LogP contribution >= 0.6 is 0 Å². The largest absolute Gasteiger partial charge is 0.462 e. The Morgan fingerprint density at radius 1 is 0.808 bits per heavy atom. The minimum Gasteiger partial charge on any atom is -0.462 e. The average Bonchev–Trinajstić information content (AvgIpc) is 3.31. The molecular weight excluding hydrogens is 344 g/mol. The third kappa shape index (κ3) is 5.07. The van der Waals surface area contributed by atoms with E-state index < -0.39 is 24.1 Å². The van der Waals surface area contributed by atoms with Crippen LogP contribution < -0.4 is 0 Å². The first kappa shape index (κ1) is 20.4. The van der Waals surface area contributed by atoms with Crippen LogP contribution in [0.2, 0.25) is 0 Å². The predicted molar refractivity (Wildman–Crippen MR) is 90.5 cm³/mol. The SMILES string of the molecule is COCCOC(=O)C1CCCN1C(=O)C1CCCN1C(=O)OCCOC. The number of hydrogen-bond donors (Lipinski definition) is 0. The number of hydrogen-bond acceptors (Lipinski definition) is 7. The van der Waals surface area contributed by atoms with Crippen molar-refractivity contribution in [2.45, 2.75) is 37.8 Å². The first-order valence-electron chi connectivity index (χ1n) is 8.98. The van der Waals surface area contributed by atoms with Crippen LogP contribution in [-0.2, 0) is 28.5 Å². The molecule has 148 valence electrons. The highest BCUT2D eigenvalue weighted by Gasteiger charge is 2.43. The molecule has 2 atom stereocenters. The number of ether oxygens (including phenoxy) is 4. The summed E-state index contributed by atoms with van der Waals surface area (Å²) in [5.74, 6) is -0.627. The van der Waals surface area contributed by atoms with Crippen molar-refractivity contribution in [1.82, 2.24) is 9.80 Å². The van der Waals surface area contributed by atoms with Gasteiger partial charge in [-0.3, -0.25) is 9.69 Å². The van der Waals surface area contributed by atoms with Crippen molar-refractivity contribution in [1.29, 1.82) is 0 Å². The molecule has 0 aliphatic carbocycles. The van der Waals surface area contributed by atoms with E-state index in [9.17, 15) is 14.4 Å². The molecule has 0 spiro atoms. The van der Waals surface area contributed by atoms with E-state index in [1.165, 1.54) is 19.1 Å². The quantitative estimate of drug-likeness (QED) is 0.450. The van der Waals surface area contributed by atoms with Crippen LogP contribution in [0.1, 0.15) is 25.7 Å². The van der Waals surface area contributed by atoms with E-state index in [4.69, 9.17) is 18.9 Å². The molecule has 9 heteroatoms. The first-order valence-corrected chi connectivity index (χ1v) is 8.98. The first-order chi connectivity index (χ1) is 12.6. The van der Waals surface area contributed by atoms with E-state index in [0.29, 0.717) is 39.1 Å². The van der Waals surface area contributed by atoms with E-state index >= 15 is 0 Å². The van der Waals surface area contributed by atoms with E-state index in [2.05, 4.69) is 0 Å². The average molecular weight is 372 g/mol. The number of carbonyl (C=O) groups is 3. The molecule has 0 aromatic heterocycles. The summed E-state index contributed by atoms with van der Waals surface area (Å²) in [5, 5.41) is 0. The lowest BCUT2D eigenvalue weighted by Crippen LogP contribution is -2.51. The second-order valence-electron chi connectivity index (χ2n) is 6.31. The summed E-state index contributed by atoms with van der Waals surface area (Å²) in [6.45, 7) is 1.89. The molecule has 2 unspecified atom stereocenters. The lowest BCUT2D eigenvalue weighted by atomic mass is 10.1. The maximum Gasteiger partial charge on any atom is 0.410 e. The summed E-state index contributed by atoms with van der Waals surface area (Å²) in [6, 6.07) is -1.18. The highest BCUT2D eigenvalue weighted by molar-refractivity contribution is 5.90. The van der Waals surface area contributed by atoms with Gasteiger partial charge < -0.3 is 23.8 Å². The third-order valence-electron chi connectivity index (χ3n) is 4.63. The monoisotopic (exact) mass is 372 g/mol. The molecule has 0 aromatic carbocycles. The van der Waals surface area contributed by atoms with Gasteiger partial charge in [0.05, 0.1) is 13.2 Å². The summed E-state index contributed by atoms with van der Waals surface area (Å²) in [7, 11) is 3.05. The van der Waals surface area contributed by atoms with Gasteiger partial charge in [-0.05, 0) is 25.7 Å². The maximum absolute atomic E-state index is 13.0. The standard InChI is InChI=1S/C17H28N2O7/c1-23-9-11-25-16(21)14-6-4-7-18(14)15(20)13-5-3-8-19(13)17(22)26-12-10-24-2/h13-14H,3-12H2,1-2H3. The molecule has 2 saturated heterocycles. The van der Waals surface area contributed by atoms with Crippen molar-refractivity contribution in [2.75, 3.05) is 53.7 Å². The molecule has 0 N–H and O–H groups in total. The molecule has 2 rings (SSSR count). The fourth-order valence-electron chi connectivity index (χ4n) is 3.33. The lowest BCUT2D eigenvalue weighted by Gasteiger charge is -2.30. The molecule has 2 amide bonds. The Labute approximate surface area is 153 Å². The summed E-state index contributed by atoms with van der Waals surface area (Å²) >= 11 is 0. The molecule has 0 bridgehead atoms. The molecule has 0 saturated carbocycles. The zero-order valence-electron chi connectivity index (χ0n) is 15.5. The summed E-state index contributed by atoms with van der Waals surface area (Å²) < 4.78 is 20.0. The number of esters is 1. The van der Waals surface area contributed by atoms with Gasteiger partial charge in [0.25, 0.3) is 0 Å². The van der Waals surface area contributed by atoms with Gasteiger partial charge in [-0.1, -0.05) is 0 Å². The number of amides is 2. The molecule has 2 aliphatic heterocycles. The van der Waals surface area contributed by atoms with Crippen LogP contribution in [-0.4, -0.2) is 93.6 Å². The fourth-order valence-corrected chi connectivity index (χ4v) is 3.33. The van der Waals surface area contributed by atoms with Gasteiger partial charge in [-0.25, -0.2) is 9.59 Å². The Morgan fingerprint density at radius 2 is 1.38 bits per heavy atom. The third-order valence-corrected chi connectivity index (χ3v) is 4.63. The van der Waals surface area contributed by atoms with Crippen molar-refractivity contribution in [3.05, 3.63) is 0 Å². The Hall–Kier alpha value is -1.87. The van der Waals surface area contributed by atoms with Gasteiger partial charge in [0.15, 0.2) is 0 Å². The van der Waals surface area contributed by atoms with Crippen LogP contribution in [0, 0.1) is 0 Å². The summed E-state index contributed by atoms with van der Waals surface area (Å²) in [4.78, 5) is 40.4. The zero-order chi connectivity index (χ0) is 18.9. The Bertz CT molecular complexity index is 458. The number of rotatable bonds is 8. The smallest absolute Gasteiger partial charge is 0.410 e. The Morgan fingerprint density at radius 3 is 2.04 bits per heavy atom. The molecule has 0 radical (unpaired) electrons. The molecule has 2 heterocycles. The highest BCUT2D eigenvalue weighted by Crippen LogP contribution is 2.26. The van der Waals surface area contributed by atoms with Gasteiger partial charge in [0.2, 0.25) is 5.91 Å². The van der Waals surface area contributed by atoms with E-state index in [-0.39, 0.29) is 19.1 Å². The summed E-state index contributed by atoms with van der Waals surface area (Å²) in [5.41, 5.74) is 0. The Kier molecular flexibility index (Phi) is 8.11. The Balaban J connectivity index is 1.94. The normalized spacial score (nSPS) is 22.5. The van der Waals surface area contributed by atoms with E-state index in [1.54, 1.807) is 4.90 Å². The fraction of sp³-hybridized carbons (Fsp3) is 0.824. The van der Waals surface area contributed by atoms with Gasteiger partial charge in [-0.2, -0.15) is 0 Å². The highest BCUT2D eigenvalue weighted by atomic mass is 16.6. The van der Waals surface area contributed by atoms with Crippen LogP contribution in [0.25, 0.3) is 0 Å². The van der Waals surface area contributed by atoms with Gasteiger partial charge in [-0.15, -0.1) is 0 Å². The molecular formula is C17H28N2O7. The molecule has 26 heavy (non-hydrogen) atoms. The second-order valence-corrected chi connectivity index (χ2v) is 6.31. The number of methoxy groups -OCH3 is 2. The van der Waals surface area contributed by atoms with Crippen molar-refractivity contribution >= 4 is 18.0 Å². The lowest BCUT2D eigenvalue weighted by molar-refractivity contribution is -0.155. The van der Waals surface area contributed by atoms with Crippen LogP contribution in [0.5, 0.6) is 0 Å². The van der Waals surface area contributed by atoms with E-state index in [1.807, 2.05) is 0 Å². The second kappa shape index (κ2) is 10.3. The number of likely N-dealkylation sites (tertiary alicyclic amines) is 2. The van der Waals surface area contributed by atoms with Crippen molar-refractivity contribution in [2.24, 2.45) is 0 Å². The minimum absolute atomic E-state index is 0.144. The predicted octanol–water partition coefficient (Wildman–Crippen LogP) is 0.414. The molecule has 9 nitrogen and oxygen atoms in total. The molecule has 2 aliphatic rings. The van der Waals surface area contributed by atoms with Crippen molar-refractivity contribution < 1.29 is 33.3 Å². The number of carbonyl (C=O) groups excluding carboxylic acids is 3. The molecule has 2 fully saturated rings. The van der Waals surface area contributed by atoms with Crippen LogP contribution in [0.4, 0.5) is 4.79 Å². The van der Waals surface area contributed by atoms with Gasteiger partial charge in [0.1, 0.15) is 25.3 Å². The van der Waals surface area contributed by atoms with Crippen LogP contribution in [0.15, 0.2) is 0 Å².